The first-order chi connectivity index (χ1) is 8.42. The molecule has 0 unspecified atom stereocenters. The largest absolute Gasteiger partial charge is 0.490 e. The lowest BCUT2D eigenvalue weighted by molar-refractivity contribution is 0.301. The molecule has 0 saturated carbocycles. The molecule has 0 atom stereocenters. The lowest BCUT2D eigenvalue weighted by atomic mass is 10.2. The number of nitrogens with one attached hydrogen (secondary N) is 1. The van der Waals surface area contributed by atoms with Gasteiger partial charge in [-0.2, -0.15) is 0 Å². The smallest absolute Gasteiger partial charge is 0.165 e. The molecule has 0 saturated heterocycles. The topological polar surface area (TPSA) is 55.4 Å². The summed E-state index contributed by atoms with van der Waals surface area (Å²) in [6.07, 6.45) is 1.52. The van der Waals surface area contributed by atoms with Crippen molar-refractivity contribution in [3.63, 3.8) is 0 Å². The molecule has 18 heavy (non-hydrogen) atoms. The van der Waals surface area contributed by atoms with Crippen LogP contribution in [0.25, 0.3) is 0 Å². The van der Waals surface area contributed by atoms with Gasteiger partial charge in [-0.15, -0.1) is 0 Å². The maximum absolute atomic E-state index is 13.6. The van der Waals surface area contributed by atoms with Crippen LogP contribution in [-0.2, 0) is 16.4 Å². The third kappa shape index (κ3) is 5.46. The average molecular weight is 275 g/mol. The molecule has 0 heterocycles. The van der Waals surface area contributed by atoms with Gasteiger partial charge < -0.3 is 10.1 Å². The van der Waals surface area contributed by atoms with Gasteiger partial charge >= 0.3 is 0 Å². The minimum Gasteiger partial charge on any atom is -0.490 e. The second kappa shape index (κ2) is 6.70. The Hall–Kier alpha value is -1.14. The molecule has 0 aliphatic heterocycles. The average Bonchev–Trinajstić information content (AvgIpc) is 2.26. The van der Waals surface area contributed by atoms with E-state index < -0.39 is 15.7 Å². The Morgan fingerprint density at radius 2 is 2.11 bits per heavy atom. The molecule has 6 heteroatoms. The summed E-state index contributed by atoms with van der Waals surface area (Å²) in [6.45, 7) is 0.778. The molecule has 0 aliphatic rings. The van der Waals surface area contributed by atoms with Crippen molar-refractivity contribution in [1.29, 1.82) is 0 Å². The van der Waals surface area contributed by atoms with E-state index in [2.05, 4.69) is 5.32 Å². The summed E-state index contributed by atoms with van der Waals surface area (Å²) in [7, 11) is -1.20. The minimum absolute atomic E-state index is 0.0481. The Balaban J connectivity index is 2.48. The molecule has 0 aliphatic carbocycles. The zero-order chi connectivity index (χ0) is 13.6. The van der Waals surface area contributed by atoms with Crippen LogP contribution in [0.3, 0.4) is 0 Å². The third-order valence-electron chi connectivity index (χ3n) is 2.29. The Kier molecular flexibility index (Phi) is 5.55. The number of halogens is 1. The van der Waals surface area contributed by atoms with Crippen LogP contribution in [0.4, 0.5) is 4.39 Å². The van der Waals surface area contributed by atoms with Gasteiger partial charge in [0.25, 0.3) is 0 Å². The normalized spacial score (nSPS) is 11.5. The Labute approximate surface area is 107 Å². The van der Waals surface area contributed by atoms with Gasteiger partial charge in [-0.05, 0) is 31.2 Å². The van der Waals surface area contributed by atoms with E-state index in [9.17, 15) is 12.8 Å². The molecule has 0 aromatic heterocycles. The number of sulfone groups is 1. The predicted molar refractivity (Wildman–Crippen MR) is 69.0 cm³/mol. The molecule has 1 aromatic carbocycles. The first-order valence-electron chi connectivity index (χ1n) is 5.66. The Morgan fingerprint density at radius 1 is 1.39 bits per heavy atom. The van der Waals surface area contributed by atoms with E-state index in [0.29, 0.717) is 13.0 Å². The van der Waals surface area contributed by atoms with Crippen LogP contribution in [0.2, 0.25) is 0 Å². The van der Waals surface area contributed by atoms with Crippen LogP contribution in [-0.4, -0.2) is 34.1 Å². The molecule has 0 bridgehead atoms. The summed E-state index contributed by atoms with van der Waals surface area (Å²) in [4.78, 5) is 0. The molecule has 1 aromatic rings. The standard InChI is InChI=1S/C12H18FNO3S/c1-14-9-10-4-5-12(11(13)8-10)17-6-3-7-18(2,15)16/h4-5,8,14H,3,6-7,9H2,1-2H3. The van der Waals surface area contributed by atoms with Crippen molar-refractivity contribution in [3.05, 3.63) is 29.6 Å². The van der Waals surface area contributed by atoms with E-state index in [1.165, 1.54) is 12.3 Å². The zero-order valence-corrected chi connectivity index (χ0v) is 11.4. The number of ether oxygens (including phenoxy) is 1. The second-order valence-electron chi connectivity index (χ2n) is 4.13. The summed E-state index contributed by atoms with van der Waals surface area (Å²) < 4.78 is 40.5. The Morgan fingerprint density at radius 3 is 2.67 bits per heavy atom. The van der Waals surface area contributed by atoms with Crippen LogP contribution in [0.1, 0.15) is 12.0 Å². The zero-order valence-electron chi connectivity index (χ0n) is 10.6. The van der Waals surface area contributed by atoms with Gasteiger partial charge in [0.15, 0.2) is 11.6 Å². The SMILES string of the molecule is CNCc1ccc(OCCCS(C)(=O)=O)c(F)c1. The van der Waals surface area contributed by atoms with Crippen molar-refractivity contribution in [2.24, 2.45) is 0 Å². The number of rotatable bonds is 7. The van der Waals surface area contributed by atoms with Gasteiger partial charge in [-0.25, -0.2) is 12.8 Å². The van der Waals surface area contributed by atoms with Gasteiger partial charge in [0.2, 0.25) is 0 Å². The van der Waals surface area contributed by atoms with E-state index in [1.807, 2.05) is 0 Å². The summed E-state index contributed by atoms with van der Waals surface area (Å²) >= 11 is 0. The first kappa shape index (κ1) is 14.9. The molecular weight excluding hydrogens is 257 g/mol. The molecule has 0 radical (unpaired) electrons. The fraction of sp³-hybridized carbons (Fsp3) is 0.500. The highest BCUT2D eigenvalue weighted by Gasteiger charge is 2.06. The molecule has 102 valence electrons. The fourth-order valence-corrected chi connectivity index (χ4v) is 2.12. The van der Waals surface area contributed by atoms with Gasteiger partial charge in [0, 0.05) is 12.8 Å². The molecule has 1 rings (SSSR count). The van der Waals surface area contributed by atoms with E-state index in [1.54, 1.807) is 19.2 Å². The summed E-state index contributed by atoms with van der Waals surface area (Å²) in [6, 6.07) is 4.73. The quantitative estimate of drug-likeness (QED) is 0.763. The first-order valence-corrected chi connectivity index (χ1v) is 7.72. The maximum Gasteiger partial charge on any atom is 0.165 e. The van der Waals surface area contributed by atoms with Crippen LogP contribution in [0, 0.1) is 5.82 Å². The number of hydrogen-bond acceptors (Lipinski definition) is 4. The van der Waals surface area contributed by atoms with E-state index in [0.717, 1.165) is 5.56 Å². The van der Waals surface area contributed by atoms with Crippen molar-refractivity contribution in [1.82, 2.24) is 5.32 Å². The van der Waals surface area contributed by atoms with Gasteiger partial charge in [-0.3, -0.25) is 0 Å². The van der Waals surface area contributed by atoms with Crippen LogP contribution < -0.4 is 10.1 Å². The minimum atomic E-state index is -2.98. The number of hydrogen-bond donors (Lipinski definition) is 1. The van der Waals surface area contributed by atoms with Gasteiger partial charge in [-0.1, -0.05) is 6.07 Å². The summed E-state index contributed by atoms with van der Waals surface area (Å²) in [5, 5.41) is 2.93. The molecule has 1 N–H and O–H groups in total. The lowest BCUT2D eigenvalue weighted by Gasteiger charge is -2.08. The lowest BCUT2D eigenvalue weighted by Crippen LogP contribution is -2.09. The van der Waals surface area contributed by atoms with Crippen LogP contribution >= 0.6 is 0 Å². The summed E-state index contributed by atoms with van der Waals surface area (Å²) in [5.41, 5.74) is 0.832. The molecule has 0 fully saturated rings. The van der Waals surface area contributed by atoms with Crippen molar-refractivity contribution < 1.29 is 17.5 Å². The second-order valence-corrected chi connectivity index (χ2v) is 6.39. The van der Waals surface area contributed by atoms with E-state index in [4.69, 9.17) is 4.74 Å². The van der Waals surface area contributed by atoms with Crippen molar-refractivity contribution in [3.8, 4) is 5.75 Å². The third-order valence-corrected chi connectivity index (χ3v) is 3.32. The Bertz CT molecular complexity index is 488. The number of benzene rings is 1. The molecule has 4 nitrogen and oxygen atoms in total. The van der Waals surface area contributed by atoms with Gasteiger partial charge in [0.05, 0.1) is 12.4 Å². The van der Waals surface area contributed by atoms with Crippen LogP contribution in [0.5, 0.6) is 5.75 Å². The van der Waals surface area contributed by atoms with Crippen molar-refractivity contribution >= 4 is 9.84 Å². The van der Waals surface area contributed by atoms with Crippen LogP contribution in [0.15, 0.2) is 18.2 Å². The highest BCUT2D eigenvalue weighted by Crippen LogP contribution is 2.18. The monoisotopic (exact) mass is 275 g/mol. The summed E-state index contributed by atoms with van der Waals surface area (Å²) in [5.74, 6) is -0.225. The fourth-order valence-electron chi connectivity index (χ4n) is 1.48. The van der Waals surface area contributed by atoms with E-state index >= 15 is 0 Å². The molecule has 0 amide bonds. The predicted octanol–water partition coefficient (Wildman–Crippen LogP) is 1.36. The molecule has 0 spiro atoms. The van der Waals surface area contributed by atoms with Gasteiger partial charge in [0.1, 0.15) is 9.84 Å². The highest BCUT2D eigenvalue weighted by atomic mass is 32.2. The van der Waals surface area contributed by atoms with E-state index in [-0.39, 0.29) is 18.1 Å². The van der Waals surface area contributed by atoms with Crippen molar-refractivity contribution in [2.75, 3.05) is 25.7 Å². The molecular formula is C12H18FNO3S. The van der Waals surface area contributed by atoms with Crippen molar-refractivity contribution in [2.45, 2.75) is 13.0 Å². The maximum atomic E-state index is 13.6. The highest BCUT2D eigenvalue weighted by molar-refractivity contribution is 7.90.